The molecule has 0 radical (unpaired) electrons. The van der Waals surface area contributed by atoms with Crippen LogP contribution in [0.3, 0.4) is 0 Å². The van der Waals surface area contributed by atoms with Crippen LogP contribution in [0, 0.1) is 0 Å². The Bertz CT molecular complexity index is 355. The first-order chi connectivity index (χ1) is 7.41. The van der Waals surface area contributed by atoms with Gasteiger partial charge in [0, 0.05) is 12.6 Å². The summed E-state index contributed by atoms with van der Waals surface area (Å²) in [5.41, 5.74) is 2.12. The lowest BCUT2D eigenvalue weighted by Crippen LogP contribution is -2.57. The molecule has 1 amide bonds. The number of hydrogen-bond acceptors (Lipinski definition) is 5. The van der Waals surface area contributed by atoms with Crippen molar-refractivity contribution in [3.8, 4) is 0 Å². The van der Waals surface area contributed by atoms with Gasteiger partial charge in [-0.25, -0.2) is 14.3 Å². The highest BCUT2D eigenvalue weighted by atomic mass is 32.2. The Balaban J connectivity index is 2.77. The van der Waals surface area contributed by atoms with Gasteiger partial charge in [0.2, 0.25) is 0 Å². The molecule has 94 valence electrons. The third-order valence-corrected chi connectivity index (χ3v) is 4.75. The SMILES string of the molecule is CCC(C(=O)NN)N1CCS(=O)(=O)CC1C. The minimum Gasteiger partial charge on any atom is -0.293 e. The zero-order valence-electron chi connectivity index (χ0n) is 9.64. The molecule has 6 nitrogen and oxygen atoms in total. The minimum absolute atomic E-state index is 0.112. The van der Waals surface area contributed by atoms with Crippen molar-refractivity contribution >= 4 is 15.7 Å². The molecular formula is C9H19N3O3S. The molecule has 16 heavy (non-hydrogen) atoms. The van der Waals surface area contributed by atoms with Gasteiger partial charge in [0.1, 0.15) is 0 Å². The quantitative estimate of drug-likeness (QED) is 0.375. The van der Waals surface area contributed by atoms with E-state index in [2.05, 4.69) is 5.43 Å². The second kappa shape index (κ2) is 5.11. The molecule has 0 aromatic carbocycles. The van der Waals surface area contributed by atoms with Crippen molar-refractivity contribution in [3.63, 3.8) is 0 Å². The van der Waals surface area contributed by atoms with Gasteiger partial charge >= 0.3 is 0 Å². The monoisotopic (exact) mass is 249 g/mol. The van der Waals surface area contributed by atoms with E-state index in [0.29, 0.717) is 13.0 Å². The second-order valence-corrected chi connectivity index (χ2v) is 6.36. The third-order valence-electron chi connectivity index (χ3n) is 2.95. The summed E-state index contributed by atoms with van der Waals surface area (Å²) in [5, 5.41) is 0. The van der Waals surface area contributed by atoms with E-state index in [4.69, 9.17) is 5.84 Å². The molecule has 1 aliphatic heterocycles. The maximum Gasteiger partial charge on any atom is 0.251 e. The molecule has 0 aromatic rings. The fraction of sp³-hybridized carbons (Fsp3) is 0.889. The summed E-state index contributed by atoms with van der Waals surface area (Å²) in [7, 11) is -2.94. The Morgan fingerprint density at radius 3 is 2.69 bits per heavy atom. The molecule has 1 heterocycles. The Morgan fingerprint density at radius 2 is 2.25 bits per heavy atom. The van der Waals surface area contributed by atoms with Crippen molar-refractivity contribution in [2.45, 2.75) is 32.4 Å². The minimum atomic E-state index is -2.94. The highest BCUT2D eigenvalue weighted by Crippen LogP contribution is 2.16. The van der Waals surface area contributed by atoms with Crippen molar-refractivity contribution in [1.82, 2.24) is 10.3 Å². The number of hydrogen-bond donors (Lipinski definition) is 2. The number of amides is 1. The lowest BCUT2D eigenvalue weighted by atomic mass is 10.1. The van der Waals surface area contributed by atoms with E-state index in [1.165, 1.54) is 0 Å². The lowest BCUT2D eigenvalue weighted by molar-refractivity contribution is -0.127. The van der Waals surface area contributed by atoms with Crippen LogP contribution in [0.5, 0.6) is 0 Å². The average molecular weight is 249 g/mol. The number of hydrazine groups is 1. The summed E-state index contributed by atoms with van der Waals surface area (Å²) in [6, 6.07) is -0.475. The van der Waals surface area contributed by atoms with Gasteiger partial charge in [-0.2, -0.15) is 0 Å². The predicted molar refractivity (Wildman–Crippen MR) is 61.2 cm³/mol. The molecule has 2 unspecified atom stereocenters. The summed E-state index contributed by atoms with van der Waals surface area (Å²) in [4.78, 5) is 13.4. The number of nitrogens with zero attached hydrogens (tertiary/aromatic N) is 1. The van der Waals surface area contributed by atoms with Crippen LogP contribution in [0.25, 0.3) is 0 Å². The van der Waals surface area contributed by atoms with E-state index < -0.39 is 9.84 Å². The van der Waals surface area contributed by atoms with Crippen LogP contribution in [0.15, 0.2) is 0 Å². The van der Waals surface area contributed by atoms with E-state index in [1.807, 2.05) is 18.7 Å². The van der Waals surface area contributed by atoms with Gasteiger partial charge in [-0.3, -0.25) is 15.1 Å². The van der Waals surface area contributed by atoms with Gasteiger partial charge in [0.15, 0.2) is 9.84 Å². The van der Waals surface area contributed by atoms with Crippen molar-refractivity contribution in [1.29, 1.82) is 0 Å². The first-order valence-electron chi connectivity index (χ1n) is 5.38. The topological polar surface area (TPSA) is 92.5 Å². The van der Waals surface area contributed by atoms with Crippen LogP contribution in [0.1, 0.15) is 20.3 Å². The van der Waals surface area contributed by atoms with Gasteiger partial charge in [0.25, 0.3) is 5.91 Å². The Kier molecular flexibility index (Phi) is 4.28. The zero-order valence-corrected chi connectivity index (χ0v) is 10.5. The molecule has 0 bridgehead atoms. The number of carbonyl (C=O) groups is 1. The van der Waals surface area contributed by atoms with E-state index >= 15 is 0 Å². The maximum atomic E-state index is 11.5. The molecule has 1 rings (SSSR count). The highest BCUT2D eigenvalue weighted by Gasteiger charge is 2.34. The number of rotatable bonds is 3. The van der Waals surface area contributed by atoms with Crippen LogP contribution in [0.4, 0.5) is 0 Å². The van der Waals surface area contributed by atoms with E-state index in [0.717, 1.165) is 0 Å². The summed E-state index contributed by atoms with van der Waals surface area (Å²) in [6.07, 6.45) is 0.618. The number of nitrogens with one attached hydrogen (secondary N) is 1. The van der Waals surface area contributed by atoms with Gasteiger partial charge in [0.05, 0.1) is 17.5 Å². The van der Waals surface area contributed by atoms with Crippen LogP contribution < -0.4 is 11.3 Å². The molecule has 1 fully saturated rings. The smallest absolute Gasteiger partial charge is 0.251 e. The van der Waals surface area contributed by atoms with Crippen molar-refractivity contribution in [2.75, 3.05) is 18.1 Å². The standard InChI is InChI=1S/C9H19N3O3S/c1-3-8(9(13)11-10)12-4-5-16(14,15)6-7(12)2/h7-8H,3-6,10H2,1-2H3,(H,11,13). The summed E-state index contributed by atoms with van der Waals surface area (Å²) in [6.45, 7) is 4.11. The molecule has 7 heteroatoms. The zero-order chi connectivity index (χ0) is 12.3. The third kappa shape index (κ3) is 2.93. The number of nitrogens with two attached hydrogens (primary N) is 1. The molecule has 1 aliphatic rings. The van der Waals surface area contributed by atoms with Crippen LogP contribution in [0.2, 0.25) is 0 Å². The van der Waals surface area contributed by atoms with Crippen molar-refractivity contribution < 1.29 is 13.2 Å². The second-order valence-electron chi connectivity index (χ2n) is 4.13. The van der Waals surface area contributed by atoms with Crippen LogP contribution in [-0.2, 0) is 14.6 Å². The first kappa shape index (κ1) is 13.4. The van der Waals surface area contributed by atoms with E-state index in [-0.39, 0.29) is 29.5 Å². The van der Waals surface area contributed by atoms with Gasteiger partial charge in [-0.1, -0.05) is 6.92 Å². The van der Waals surface area contributed by atoms with Gasteiger partial charge < -0.3 is 0 Å². The molecule has 3 N–H and O–H groups in total. The number of carbonyl (C=O) groups excluding carboxylic acids is 1. The van der Waals surface area contributed by atoms with Crippen LogP contribution in [-0.4, -0.2) is 49.4 Å². The summed E-state index contributed by atoms with van der Waals surface area (Å²) >= 11 is 0. The Hall–Kier alpha value is -0.660. The number of sulfone groups is 1. The lowest BCUT2D eigenvalue weighted by Gasteiger charge is -2.37. The van der Waals surface area contributed by atoms with E-state index in [9.17, 15) is 13.2 Å². The maximum absolute atomic E-state index is 11.5. The molecular weight excluding hydrogens is 230 g/mol. The molecule has 0 aromatic heterocycles. The van der Waals surface area contributed by atoms with E-state index in [1.54, 1.807) is 0 Å². The average Bonchev–Trinajstić information content (AvgIpc) is 2.20. The largest absolute Gasteiger partial charge is 0.293 e. The van der Waals surface area contributed by atoms with Crippen molar-refractivity contribution in [2.24, 2.45) is 5.84 Å². The van der Waals surface area contributed by atoms with Gasteiger partial charge in [-0.15, -0.1) is 0 Å². The summed E-state index contributed by atoms with van der Waals surface area (Å²) < 4.78 is 22.8. The molecule has 0 spiro atoms. The molecule has 0 aliphatic carbocycles. The fourth-order valence-electron chi connectivity index (χ4n) is 2.14. The molecule has 2 atom stereocenters. The summed E-state index contributed by atoms with van der Waals surface area (Å²) in [5.74, 6) is 5.08. The normalized spacial score (nSPS) is 27.3. The first-order valence-corrected chi connectivity index (χ1v) is 7.20. The Morgan fingerprint density at radius 1 is 1.62 bits per heavy atom. The van der Waals surface area contributed by atoms with Gasteiger partial charge in [-0.05, 0) is 13.3 Å². The predicted octanol–water partition coefficient (Wildman–Crippen LogP) is -1.13. The highest BCUT2D eigenvalue weighted by molar-refractivity contribution is 7.91. The molecule has 0 saturated carbocycles. The van der Waals surface area contributed by atoms with Crippen LogP contribution >= 0.6 is 0 Å². The molecule has 1 saturated heterocycles. The Labute approximate surface area is 96.1 Å². The fourth-order valence-corrected chi connectivity index (χ4v) is 3.72. The van der Waals surface area contributed by atoms with Crippen molar-refractivity contribution in [3.05, 3.63) is 0 Å².